The van der Waals surface area contributed by atoms with Gasteiger partial charge in [-0.3, -0.25) is 0 Å². The van der Waals surface area contributed by atoms with Crippen LogP contribution in [0.1, 0.15) is 52.3 Å². The number of rotatable bonds is 1. The molecule has 1 saturated heterocycles. The zero-order valence-corrected chi connectivity index (χ0v) is 10.5. The van der Waals surface area contributed by atoms with Crippen molar-refractivity contribution in [1.82, 2.24) is 20.3 Å². The van der Waals surface area contributed by atoms with Gasteiger partial charge in [0.05, 0.1) is 0 Å². The Morgan fingerprint density at radius 2 is 1.56 bits per heavy atom. The lowest BCUT2D eigenvalue weighted by molar-refractivity contribution is 0.158. The minimum atomic E-state index is 0.138. The van der Waals surface area contributed by atoms with Crippen LogP contribution in [-0.4, -0.2) is 26.0 Å². The van der Waals surface area contributed by atoms with Gasteiger partial charge in [-0.25, -0.2) is 15.0 Å². The molecule has 0 unspecified atom stereocenters. The Morgan fingerprint density at radius 1 is 1.06 bits per heavy atom. The summed E-state index contributed by atoms with van der Waals surface area (Å²) in [5, 5.41) is 3.66. The van der Waals surface area contributed by atoms with Gasteiger partial charge in [0.1, 0.15) is 18.5 Å². The summed E-state index contributed by atoms with van der Waals surface area (Å²) in [6.07, 6.45) is 5.32. The number of nitrogens with one attached hydrogen (secondary N) is 1. The van der Waals surface area contributed by atoms with Gasteiger partial charge in [-0.1, -0.05) is 0 Å². The van der Waals surface area contributed by atoms with Gasteiger partial charge >= 0.3 is 0 Å². The normalized spacial score (nSPS) is 24.2. The van der Waals surface area contributed by atoms with E-state index in [0.29, 0.717) is 5.92 Å². The standard InChI is InChI=1S/C12H20N4/c1-11(2)5-9(6-12(3,4)16-11)10-14-7-13-8-15-10/h7-9,16H,5-6H2,1-4H3. The summed E-state index contributed by atoms with van der Waals surface area (Å²) < 4.78 is 0. The highest BCUT2D eigenvalue weighted by atomic mass is 15.1. The molecule has 0 bridgehead atoms. The number of hydrogen-bond acceptors (Lipinski definition) is 4. The van der Waals surface area contributed by atoms with E-state index in [0.717, 1.165) is 18.7 Å². The Hall–Kier alpha value is -1.03. The molecule has 2 rings (SSSR count). The molecule has 2 heterocycles. The van der Waals surface area contributed by atoms with Crippen LogP contribution in [-0.2, 0) is 0 Å². The smallest absolute Gasteiger partial charge is 0.135 e. The van der Waals surface area contributed by atoms with Crippen molar-refractivity contribution in [1.29, 1.82) is 0 Å². The SMILES string of the molecule is CC1(C)CC(c2ncncn2)CC(C)(C)N1. The molecule has 4 nitrogen and oxygen atoms in total. The van der Waals surface area contributed by atoms with Gasteiger partial charge in [-0.2, -0.15) is 0 Å². The minimum Gasteiger partial charge on any atom is -0.307 e. The van der Waals surface area contributed by atoms with E-state index in [9.17, 15) is 0 Å². The molecule has 88 valence electrons. The molecule has 4 heteroatoms. The summed E-state index contributed by atoms with van der Waals surface area (Å²) >= 11 is 0. The molecular formula is C12H20N4. The monoisotopic (exact) mass is 220 g/mol. The van der Waals surface area contributed by atoms with Crippen molar-refractivity contribution in [2.45, 2.75) is 57.5 Å². The average molecular weight is 220 g/mol. The summed E-state index contributed by atoms with van der Waals surface area (Å²) in [7, 11) is 0. The topological polar surface area (TPSA) is 50.7 Å². The maximum Gasteiger partial charge on any atom is 0.135 e. The maximum atomic E-state index is 4.28. The van der Waals surface area contributed by atoms with E-state index in [2.05, 4.69) is 48.0 Å². The van der Waals surface area contributed by atoms with Crippen LogP contribution in [0.25, 0.3) is 0 Å². The molecule has 1 aliphatic rings. The van der Waals surface area contributed by atoms with Crippen LogP contribution in [0.5, 0.6) is 0 Å². The summed E-state index contributed by atoms with van der Waals surface area (Å²) in [5.74, 6) is 1.35. The largest absolute Gasteiger partial charge is 0.307 e. The molecule has 0 spiro atoms. The molecular weight excluding hydrogens is 200 g/mol. The molecule has 1 aliphatic heterocycles. The maximum absolute atomic E-state index is 4.28. The first-order chi connectivity index (χ1) is 7.38. The average Bonchev–Trinajstić information content (AvgIpc) is 2.14. The zero-order valence-electron chi connectivity index (χ0n) is 10.5. The van der Waals surface area contributed by atoms with Crippen LogP contribution in [0.2, 0.25) is 0 Å². The second kappa shape index (κ2) is 3.77. The third-order valence-corrected chi connectivity index (χ3v) is 3.07. The summed E-state index contributed by atoms with van der Waals surface area (Å²) in [5.41, 5.74) is 0.276. The molecule has 1 N–H and O–H groups in total. The second-order valence-corrected chi connectivity index (χ2v) is 5.99. The quantitative estimate of drug-likeness (QED) is 0.785. The first kappa shape index (κ1) is 11.5. The van der Waals surface area contributed by atoms with E-state index >= 15 is 0 Å². The fraction of sp³-hybridized carbons (Fsp3) is 0.750. The Kier molecular flexibility index (Phi) is 2.70. The van der Waals surface area contributed by atoms with E-state index < -0.39 is 0 Å². The van der Waals surface area contributed by atoms with Crippen molar-refractivity contribution < 1.29 is 0 Å². The fourth-order valence-electron chi connectivity index (χ4n) is 2.96. The third-order valence-electron chi connectivity index (χ3n) is 3.07. The van der Waals surface area contributed by atoms with E-state index in [1.165, 1.54) is 0 Å². The summed E-state index contributed by atoms with van der Waals surface area (Å²) in [6.45, 7) is 8.95. The van der Waals surface area contributed by atoms with Crippen molar-refractivity contribution in [3.63, 3.8) is 0 Å². The molecule has 0 aliphatic carbocycles. The lowest BCUT2D eigenvalue weighted by Crippen LogP contribution is -2.57. The Labute approximate surface area is 96.9 Å². The molecule has 0 saturated carbocycles. The third kappa shape index (κ3) is 2.55. The highest BCUT2D eigenvalue weighted by Gasteiger charge is 2.39. The van der Waals surface area contributed by atoms with E-state index in [4.69, 9.17) is 0 Å². The predicted octanol–water partition coefficient (Wildman–Crippen LogP) is 1.90. The van der Waals surface area contributed by atoms with Crippen LogP contribution in [0, 0.1) is 0 Å². The number of nitrogens with zero attached hydrogens (tertiary/aromatic N) is 3. The molecule has 1 aromatic heterocycles. The number of piperidine rings is 1. The van der Waals surface area contributed by atoms with E-state index in [1.54, 1.807) is 12.7 Å². The summed E-state index contributed by atoms with van der Waals surface area (Å²) in [6, 6.07) is 0. The highest BCUT2D eigenvalue weighted by molar-refractivity contribution is 5.07. The van der Waals surface area contributed by atoms with Gasteiger partial charge in [-0.05, 0) is 40.5 Å². The van der Waals surface area contributed by atoms with E-state index in [1.807, 2.05) is 0 Å². The van der Waals surface area contributed by atoms with Crippen LogP contribution in [0.4, 0.5) is 0 Å². The zero-order chi connectivity index (χ0) is 11.8. The van der Waals surface area contributed by atoms with Gasteiger partial charge in [0.15, 0.2) is 0 Å². The van der Waals surface area contributed by atoms with Crippen LogP contribution >= 0.6 is 0 Å². The van der Waals surface area contributed by atoms with Crippen LogP contribution < -0.4 is 5.32 Å². The minimum absolute atomic E-state index is 0.138. The van der Waals surface area contributed by atoms with E-state index in [-0.39, 0.29) is 11.1 Å². The Morgan fingerprint density at radius 3 is 2.06 bits per heavy atom. The number of hydrogen-bond donors (Lipinski definition) is 1. The van der Waals surface area contributed by atoms with Crippen LogP contribution in [0.15, 0.2) is 12.7 Å². The summed E-state index contributed by atoms with van der Waals surface area (Å²) in [4.78, 5) is 12.4. The molecule has 0 radical (unpaired) electrons. The lowest BCUT2D eigenvalue weighted by Gasteiger charge is -2.46. The van der Waals surface area contributed by atoms with Gasteiger partial charge in [0.25, 0.3) is 0 Å². The van der Waals surface area contributed by atoms with Gasteiger partial charge < -0.3 is 5.32 Å². The molecule has 1 fully saturated rings. The molecule has 0 aromatic carbocycles. The van der Waals surface area contributed by atoms with Crippen molar-refractivity contribution in [3.8, 4) is 0 Å². The van der Waals surface area contributed by atoms with Crippen molar-refractivity contribution in [2.24, 2.45) is 0 Å². The molecule has 0 atom stereocenters. The second-order valence-electron chi connectivity index (χ2n) is 5.99. The fourth-order valence-corrected chi connectivity index (χ4v) is 2.96. The van der Waals surface area contributed by atoms with Crippen molar-refractivity contribution in [3.05, 3.63) is 18.5 Å². The van der Waals surface area contributed by atoms with Crippen molar-refractivity contribution in [2.75, 3.05) is 0 Å². The predicted molar refractivity (Wildman–Crippen MR) is 63.1 cm³/mol. The highest BCUT2D eigenvalue weighted by Crippen LogP contribution is 2.37. The van der Waals surface area contributed by atoms with Crippen molar-refractivity contribution >= 4 is 0 Å². The molecule has 16 heavy (non-hydrogen) atoms. The number of aromatic nitrogens is 3. The first-order valence-corrected chi connectivity index (χ1v) is 5.79. The molecule has 1 aromatic rings. The Bertz CT molecular complexity index is 343. The van der Waals surface area contributed by atoms with Gasteiger partial charge in [-0.15, -0.1) is 0 Å². The Balaban J connectivity index is 2.23. The molecule has 0 amide bonds. The first-order valence-electron chi connectivity index (χ1n) is 5.79. The van der Waals surface area contributed by atoms with Gasteiger partial charge in [0.2, 0.25) is 0 Å². The van der Waals surface area contributed by atoms with Crippen LogP contribution in [0.3, 0.4) is 0 Å². The van der Waals surface area contributed by atoms with Gasteiger partial charge in [0, 0.05) is 17.0 Å². The lowest BCUT2D eigenvalue weighted by atomic mass is 9.75.